The molecule has 0 saturated heterocycles. The van der Waals surface area contributed by atoms with E-state index >= 15 is 0 Å². The zero-order chi connectivity index (χ0) is 31.4. The molecule has 0 bridgehead atoms. The van der Waals surface area contributed by atoms with Gasteiger partial charge in [0.25, 0.3) is 5.91 Å². The smallest absolute Gasteiger partial charge is 0.261 e. The fourth-order valence-electron chi connectivity index (χ4n) is 4.68. The minimum absolute atomic E-state index is 0.0490. The summed E-state index contributed by atoms with van der Waals surface area (Å²) < 4.78 is 34.1. The number of nitrogens with zero attached hydrogens (tertiary/aromatic N) is 1. The Hall–Kier alpha value is -4.16. The summed E-state index contributed by atoms with van der Waals surface area (Å²) in [6, 6.07) is 32.1. The van der Waals surface area contributed by atoms with Crippen molar-refractivity contribution < 1.29 is 28.0 Å². The van der Waals surface area contributed by atoms with Crippen LogP contribution in [0.4, 0.5) is 0 Å². The second-order valence-electron chi connectivity index (χ2n) is 9.87. The van der Waals surface area contributed by atoms with Crippen LogP contribution >= 0.6 is 11.8 Å². The van der Waals surface area contributed by atoms with E-state index in [-0.39, 0.29) is 11.3 Å². The van der Waals surface area contributed by atoms with Crippen molar-refractivity contribution in [1.29, 1.82) is 0 Å². The molecule has 230 valence electrons. The molecule has 4 rings (SSSR count). The topological polar surface area (TPSA) is 125 Å². The maximum Gasteiger partial charge on any atom is 0.261 e. The number of sulfonamides is 1. The predicted octanol–water partition coefficient (Wildman–Crippen LogP) is 4.79. The van der Waals surface area contributed by atoms with Crippen molar-refractivity contribution >= 4 is 33.6 Å². The second-order valence-corrected chi connectivity index (χ2v) is 12.9. The number of nitrogens with one attached hydrogen (secondary N) is 2. The monoisotopic (exact) mass is 633 g/mol. The van der Waals surface area contributed by atoms with Crippen LogP contribution < -0.4 is 15.5 Å². The van der Waals surface area contributed by atoms with E-state index in [1.807, 2.05) is 91.0 Å². The van der Waals surface area contributed by atoms with Gasteiger partial charge in [0.2, 0.25) is 15.9 Å². The largest absolute Gasteiger partial charge is 0.497 e. The number of thioether (sulfide) groups is 1. The molecule has 3 N–H and O–H groups in total. The van der Waals surface area contributed by atoms with Crippen molar-refractivity contribution in [3.05, 3.63) is 132 Å². The average molecular weight is 634 g/mol. The first-order valence-corrected chi connectivity index (χ1v) is 16.5. The van der Waals surface area contributed by atoms with Crippen molar-refractivity contribution in [1.82, 2.24) is 15.1 Å². The number of hydrogen-bond donors (Lipinski definition) is 3. The number of hydroxylamine groups is 1. The lowest BCUT2D eigenvalue weighted by Gasteiger charge is -2.30. The van der Waals surface area contributed by atoms with Crippen molar-refractivity contribution in [2.45, 2.75) is 29.2 Å². The lowest BCUT2D eigenvalue weighted by Crippen LogP contribution is -2.52. The molecule has 0 unspecified atom stereocenters. The Bertz CT molecular complexity index is 1550. The van der Waals surface area contributed by atoms with Gasteiger partial charge in [-0.15, -0.1) is 0 Å². The van der Waals surface area contributed by atoms with Crippen LogP contribution in [0.25, 0.3) is 0 Å². The summed E-state index contributed by atoms with van der Waals surface area (Å²) in [6.45, 7) is -0.661. The summed E-state index contributed by atoms with van der Waals surface area (Å²) in [5.41, 5.74) is 4.29. The molecule has 0 aliphatic carbocycles. The minimum atomic E-state index is -4.39. The van der Waals surface area contributed by atoms with Crippen LogP contribution in [0.15, 0.2) is 120 Å². The predicted molar refractivity (Wildman–Crippen MR) is 171 cm³/mol. The Morgan fingerprint density at radius 3 is 1.91 bits per heavy atom. The van der Waals surface area contributed by atoms with Crippen molar-refractivity contribution in [2.24, 2.45) is 0 Å². The highest BCUT2D eigenvalue weighted by Crippen LogP contribution is 2.26. The molecule has 44 heavy (non-hydrogen) atoms. The first-order chi connectivity index (χ1) is 21.3. The van der Waals surface area contributed by atoms with E-state index in [9.17, 15) is 23.2 Å². The molecule has 1 atom stereocenters. The Kier molecular flexibility index (Phi) is 12.0. The van der Waals surface area contributed by atoms with E-state index in [1.54, 1.807) is 5.48 Å². The molecule has 0 aliphatic rings. The molecular weight excluding hydrogens is 599 g/mol. The van der Waals surface area contributed by atoms with E-state index < -0.39 is 40.5 Å². The summed E-state index contributed by atoms with van der Waals surface area (Å²) in [5.74, 6) is -0.0652. The van der Waals surface area contributed by atoms with Gasteiger partial charge in [0, 0.05) is 5.75 Å². The van der Waals surface area contributed by atoms with Crippen LogP contribution in [-0.2, 0) is 25.4 Å². The van der Waals surface area contributed by atoms with Crippen LogP contribution in [0.1, 0.15) is 29.2 Å². The summed E-state index contributed by atoms with van der Waals surface area (Å²) >= 11 is 1.52. The highest BCUT2D eigenvalue weighted by atomic mass is 32.2. The van der Waals surface area contributed by atoms with E-state index in [0.29, 0.717) is 17.3 Å². The van der Waals surface area contributed by atoms with Crippen LogP contribution in [-0.4, -0.2) is 55.2 Å². The van der Waals surface area contributed by atoms with Crippen molar-refractivity contribution in [3.63, 3.8) is 0 Å². The van der Waals surface area contributed by atoms with Crippen LogP contribution in [0, 0.1) is 0 Å². The van der Waals surface area contributed by atoms with Gasteiger partial charge in [-0.1, -0.05) is 91.0 Å². The van der Waals surface area contributed by atoms with Gasteiger partial charge in [-0.05, 0) is 53.1 Å². The molecule has 0 radical (unpaired) electrons. The van der Waals surface area contributed by atoms with Crippen LogP contribution in [0.5, 0.6) is 5.75 Å². The Labute approximate surface area is 262 Å². The summed E-state index contributed by atoms with van der Waals surface area (Å²) in [5, 5.41) is 12.6. The fourth-order valence-corrected chi connectivity index (χ4v) is 7.22. The summed E-state index contributed by atoms with van der Waals surface area (Å²) in [6.07, 6.45) is 0.0490. The molecule has 0 aromatic heterocycles. The van der Waals surface area contributed by atoms with Crippen LogP contribution in [0.2, 0.25) is 0 Å². The summed E-state index contributed by atoms with van der Waals surface area (Å²) in [4.78, 5) is 26.6. The first kappa shape index (κ1) is 32.7. The van der Waals surface area contributed by atoms with E-state index in [1.165, 1.54) is 43.1 Å². The fraction of sp³-hybridized carbons (Fsp3) is 0.212. The quantitative estimate of drug-likeness (QED) is 0.0977. The SMILES string of the molecule is COc1ccc(S(=O)(=O)N(CC(=O)NC(c2ccccc2)c2ccccc2)[C@H](CCSCc2ccccc2)C(=O)NO)cc1. The zero-order valence-electron chi connectivity index (χ0n) is 24.2. The third kappa shape index (κ3) is 8.70. The average Bonchev–Trinajstić information content (AvgIpc) is 3.07. The number of benzene rings is 4. The number of hydrogen-bond acceptors (Lipinski definition) is 7. The standard InChI is InChI=1S/C33H35N3O6S2/c1-42-28-17-19-29(20-18-28)44(40,41)36(30(33(38)35-39)21-22-43-24-25-11-5-2-6-12-25)23-31(37)34-32(26-13-7-3-8-14-26)27-15-9-4-10-16-27/h2-20,30,32,39H,21-24H2,1H3,(H,34,37)(H,35,38)/t30-/m1/s1. The van der Waals surface area contributed by atoms with E-state index in [0.717, 1.165) is 21.0 Å². The Morgan fingerprint density at radius 2 is 1.39 bits per heavy atom. The summed E-state index contributed by atoms with van der Waals surface area (Å²) in [7, 11) is -2.93. The number of amides is 2. The lowest BCUT2D eigenvalue weighted by molar-refractivity contribution is -0.134. The minimum Gasteiger partial charge on any atom is -0.497 e. The molecule has 0 heterocycles. The van der Waals surface area contributed by atoms with Gasteiger partial charge in [0.1, 0.15) is 11.8 Å². The number of carbonyl (C=O) groups is 2. The lowest BCUT2D eigenvalue weighted by atomic mass is 9.99. The molecule has 0 aliphatic heterocycles. The number of rotatable bonds is 15. The third-order valence-corrected chi connectivity index (χ3v) is 9.88. The molecule has 2 amide bonds. The molecular formula is C33H35N3O6S2. The van der Waals surface area contributed by atoms with Gasteiger partial charge in [0.15, 0.2) is 0 Å². The highest BCUT2D eigenvalue weighted by Gasteiger charge is 2.37. The van der Waals surface area contributed by atoms with Crippen molar-refractivity contribution in [2.75, 3.05) is 19.4 Å². The number of methoxy groups -OCH3 is 1. The van der Waals surface area contributed by atoms with E-state index in [4.69, 9.17) is 4.74 Å². The van der Waals surface area contributed by atoms with Gasteiger partial charge in [0.05, 0.1) is 24.6 Å². The maximum absolute atomic E-state index is 14.0. The second kappa shape index (κ2) is 16.1. The van der Waals surface area contributed by atoms with E-state index in [2.05, 4.69) is 5.32 Å². The molecule has 0 fully saturated rings. The van der Waals surface area contributed by atoms with Crippen LogP contribution in [0.3, 0.4) is 0 Å². The van der Waals surface area contributed by atoms with Gasteiger partial charge in [-0.3, -0.25) is 14.8 Å². The molecule has 11 heteroatoms. The maximum atomic E-state index is 14.0. The number of carbonyl (C=O) groups excluding carboxylic acids is 2. The molecule has 0 spiro atoms. The van der Waals surface area contributed by atoms with Gasteiger partial charge in [-0.25, -0.2) is 13.9 Å². The highest BCUT2D eigenvalue weighted by molar-refractivity contribution is 7.98. The Morgan fingerprint density at radius 1 is 0.841 bits per heavy atom. The third-order valence-electron chi connectivity index (χ3n) is 6.94. The van der Waals surface area contributed by atoms with Crippen molar-refractivity contribution in [3.8, 4) is 5.75 Å². The molecule has 4 aromatic carbocycles. The molecule has 4 aromatic rings. The molecule has 0 saturated carbocycles. The molecule has 9 nitrogen and oxygen atoms in total. The normalized spacial score (nSPS) is 12.1. The van der Waals surface area contributed by atoms with Gasteiger partial charge >= 0.3 is 0 Å². The van der Waals surface area contributed by atoms with Gasteiger partial charge in [-0.2, -0.15) is 16.1 Å². The first-order valence-electron chi connectivity index (χ1n) is 13.9. The van der Waals surface area contributed by atoms with Gasteiger partial charge < -0.3 is 10.1 Å². The number of ether oxygens (including phenoxy) is 1. The zero-order valence-corrected chi connectivity index (χ0v) is 25.8. The Balaban J connectivity index is 1.63.